The molecule has 1 atom stereocenters. The van der Waals surface area contributed by atoms with E-state index in [2.05, 4.69) is 88.5 Å². The van der Waals surface area contributed by atoms with Crippen molar-refractivity contribution in [2.45, 2.75) is 124 Å². The van der Waals surface area contributed by atoms with Crippen molar-refractivity contribution >= 4 is 17.9 Å². The van der Waals surface area contributed by atoms with E-state index in [1.54, 1.807) is 5.01 Å². The number of hydrogen-bond donors (Lipinski definition) is 4. The lowest BCUT2D eigenvalue weighted by Gasteiger charge is -2.47. The number of benzene rings is 2. The molecule has 2 aliphatic carbocycles. The lowest BCUT2D eigenvalue weighted by Crippen LogP contribution is -2.53. The van der Waals surface area contributed by atoms with Crippen LogP contribution in [0.4, 0.5) is 0 Å². The smallest absolute Gasteiger partial charge is 0.274 e. The Morgan fingerprint density at radius 1 is 0.980 bits per heavy atom. The summed E-state index contributed by atoms with van der Waals surface area (Å²) in [5, 5.41) is 4.55. The maximum atomic E-state index is 13.9. The Morgan fingerprint density at radius 2 is 1.53 bits per heavy atom. The van der Waals surface area contributed by atoms with Crippen molar-refractivity contribution in [1.29, 1.82) is 0 Å². The van der Waals surface area contributed by atoms with Crippen LogP contribution >= 0.6 is 0 Å². The summed E-state index contributed by atoms with van der Waals surface area (Å²) >= 11 is 0. The summed E-state index contributed by atoms with van der Waals surface area (Å²) in [6.45, 7) is 19.8. The molecule has 9 heteroatoms. The molecule has 2 aromatic carbocycles. The molecule has 1 spiro atoms. The summed E-state index contributed by atoms with van der Waals surface area (Å²) in [7, 11) is 5.52. The first kappa shape index (κ1) is 44.2. The van der Waals surface area contributed by atoms with E-state index in [0.717, 1.165) is 74.9 Å². The standard InChI is InChI=1S/C29H44N2O.C8H8O.C3H10N2.C2H9N3/c1-20(14-17-27(2,3)4)31-26(32)25(23-12-10-22(11-13-23)21-8-9-21)30-29(31)18-15-24(16-19-29)28(5,6)7;1-7-2-4-8(6-9)5-3-7;1-5-3-2-4;1-5(2)4-3/h10-13,20-21,24H,8-9,14-19H2,1-7H3;2-6H,1H3;5H,2-4H2,1H3;4H,3H2,1-2H3. The minimum Gasteiger partial charge on any atom is -0.329 e. The highest BCUT2D eigenvalue weighted by Gasteiger charge is 2.51. The quantitative estimate of drug-likeness (QED) is 0.123. The van der Waals surface area contributed by atoms with Gasteiger partial charge >= 0.3 is 0 Å². The van der Waals surface area contributed by atoms with Gasteiger partial charge in [-0.2, -0.15) is 5.53 Å². The van der Waals surface area contributed by atoms with Gasteiger partial charge in [0.25, 0.3) is 5.91 Å². The zero-order chi connectivity index (χ0) is 38.4. The Labute approximate surface area is 310 Å². The van der Waals surface area contributed by atoms with Crippen molar-refractivity contribution < 1.29 is 9.59 Å². The van der Waals surface area contributed by atoms with Gasteiger partial charge in [-0.3, -0.25) is 20.4 Å². The van der Waals surface area contributed by atoms with E-state index in [1.165, 1.54) is 24.0 Å². The number of aldehydes is 1. The molecule has 1 heterocycles. The number of aryl methyl sites for hydroxylation is 1. The van der Waals surface area contributed by atoms with Gasteiger partial charge in [0, 0.05) is 44.4 Å². The van der Waals surface area contributed by atoms with E-state index >= 15 is 0 Å². The number of hydrazine groups is 2. The summed E-state index contributed by atoms with van der Waals surface area (Å²) < 4.78 is 0. The molecule has 1 aliphatic heterocycles. The second-order valence-corrected chi connectivity index (χ2v) is 17.0. The van der Waals surface area contributed by atoms with E-state index in [0.29, 0.717) is 17.0 Å². The highest BCUT2D eigenvalue weighted by molar-refractivity contribution is 6.46. The van der Waals surface area contributed by atoms with E-state index in [4.69, 9.17) is 16.6 Å². The molecule has 0 aromatic heterocycles. The van der Waals surface area contributed by atoms with Crippen molar-refractivity contribution in [2.24, 2.45) is 33.3 Å². The average molecular weight is 706 g/mol. The Hall–Kier alpha value is -2.95. The summed E-state index contributed by atoms with van der Waals surface area (Å²) in [5.41, 5.74) is 12.7. The van der Waals surface area contributed by atoms with Crippen LogP contribution in [0.1, 0.15) is 133 Å². The number of hydrogen-bond acceptors (Lipinski definition) is 8. The Kier molecular flexibility index (Phi) is 17.6. The topological polar surface area (TPSA) is 129 Å². The van der Waals surface area contributed by atoms with Crippen LogP contribution in [-0.2, 0) is 4.79 Å². The third-order valence-electron chi connectivity index (χ3n) is 10.1. The minimum atomic E-state index is -0.347. The van der Waals surface area contributed by atoms with Gasteiger partial charge in [-0.1, -0.05) is 95.6 Å². The maximum absolute atomic E-state index is 13.9. The SMILES string of the molecule is CC(CCC(C)(C)C)N1C(=O)C(c2ccc(C3CC3)cc2)=NC12CCC(C(C)(C)C)CC2.CN(C)NN.CNCCN.Cc1ccc(C=O)cc1. The fourth-order valence-electron chi connectivity index (χ4n) is 6.60. The second-order valence-electron chi connectivity index (χ2n) is 17.0. The number of rotatable bonds is 9. The van der Waals surface area contributed by atoms with Crippen LogP contribution in [0.25, 0.3) is 0 Å². The number of carbonyl (C=O) groups is 2. The van der Waals surface area contributed by atoms with E-state index in [9.17, 15) is 9.59 Å². The van der Waals surface area contributed by atoms with Gasteiger partial charge in [0.1, 0.15) is 17.7 Å². The predicted molar refractivity (Wildman–Crippen MR) is 215 cm³/mol. The van der Waals surface area contributed by atoms with Crippen molar-refractivity contribution in [3.05, 3.63) is 70.8 Å². The molecule has 2 aromatic rings. The molecule has 2 saturated carbocycles. The highest BCUT2D eigenvalue weighted by atomic mass is 16.2. The molecule has 51 heavy (non-hydrogen) atoms. The fraction of sp³-hybridized carbons (Fsp3) is 0.643. The highest BCUT2D eigenvalue weighted by Crippen LogP contribution is 2.48. The van der Waals surface area contributed by atoms with E-state index < -0.39 is 0 Å². The van der Waals surface area contributed by atoms with Gasteiger partial charge in [-0.25, -0.2) is 5.01 Å². The van der Waals surface area contributed by atoms with Crippen molar-refractivity contribution in [2.75, 3.05) is 34.2 Å². The van der Waals surface area contributed by atoms with Crippen LogP contribution in [0, 0.1) is 23.7 Å². The molecular weight excluding hydrogens is 635 g/mol. The normalized spacial score (nSPS) is 20.7. The lowest BCUT2D eigenvalue weighted by molar-refractivity contribution is -0.133. The number of carbonyl (C=O) groups excluding carboxylic acids is 2. The minimum absolute atomic E-state index is 0.153. The Balaban J connectivity index is 0.000000387. The molecule has 1 unspecified atom stereocenters. The van der Waals surface area contributed by atoms with Crippen LogP contribution < -0.4 is 22.4 Å². The number of aliphatic imine (C=N–C) groups is 1. The monoisotopic (exact) mass is 706 g/mol. The number of nitrogens with one attached hydrogen (secondary N) is 2. The summed E-state index contributed by atoms with van der Waals surface area (Å²) in [5.74, 6) is 6.44. The largest absolute Gasteiger partial charge is 0.329 e. The molecule has 0 bridgehead atoms. The summed E-state index contributed by atoms with van der Waals surface area (Å²) in [4.78, 5) is 31.4. The van der Waals surface area contributed by atoms with Crippen molar-refractivity contribution in [1.82, 2.24) is 20.8 Å². The molecule has 3 aliphatic rings. The number of likely N-dealkylation sites (N-methyl/N-ethyl adjacent to an activating group) is 1. The lowest BCUT2D eigenvalue weighted by atomic mass is 9.69. The molecule has 9 nitrogen and oxygen atoms in total. The molecule has 0 radical (unpaired) electrons. The number of nitrogens with zero attached hydrogens (tertiary/aromatic N) is 3. The number of amides is 1. The molecule has 1 amide bonds. The first-order chi connectivity index (χ1) is 23.9. The van der Waals surface area contributed by atoms with Gasteiger partial charge < -0.3 is 16.0 Å². The average Bonchev–Trinajstić information content (AvgIpc) is 3.90. The van der Waals surface area contributed by atoms with Gasteiger partial charge in [-0.05, 0) is 100 Å². The summed E-state index contributed by atoms with van der Waals surface area (Å²) in [6, 6.07) is 16.4. The van der Waals surface area contributed by atoms with Gasteiger partial charge in [-0.15, -0.1) is 0 Å². The van der Waals surface area contributed by atoms with E-state index in [1.807, 2.05) is 52.3 Å². The molecule has 6 N–H and O–H groups in total. The molecule has 0 saturated heterocycles. The number of nitrogens with two attached hydrogens (primary N) is 2. The predicted octanol–water partition coefficient (Wildman–Crippen LogP) is 7.24. The zero-order valence-electron chi connectivity index (χ0n) is 33.8. The van der Waals surface area contributed by atoms with Gasteiger partial charge in [0.05, 0.1) is 0 Å². The third kappa shape index (κ3) is 14.5. The first-order valence-corrected chi connectivity index (χ1v) is 18.9. The Bertz CT molecular complexity index is 1340. The van der Waals surface area contributed by atoms with Crippen LogP contribution in [0.15, 0.2) is 53.5 Å². The van der Waals surface area contributed by atoms with Crippen molar-refractivity contribution in [3.63, 3.8) is 0 Å². The molecule has 5 rings (SSSR count). The van der Waals surface area contributed by atoms with Gasteiger partial charge in [0.2, 0.25) is 0 Å². The van der Waals surface area contributed by atoms with Gasteiger partial charge in [0.15, 0.2) is 0 Å². The summed E-state index contributed by atoms with van der Waals surface area (Å²) in [6.07, 6.45) is 9.88. The Morgan fingerprint density at radius 3 is 1.92 bits per heavy atom. The third-order valence-corrected chi connectivity index (χ3v) is 10.1. The van der Waals surface area contributed by atoms with Crippen LogP contribution in [0.5, 0.6) is 0 Å². The molecular formula is C42H71N7O2. The molecule has 2 fully saturated rings. The second kappa shape index (κ2) is 20.3. The molecule has 286 valence electrons. The zero-order valence-corrected chi connectivity index (χ0v) is 33.8. The maximum Gasteiger partial charge on any atom is 0.274 e. The first-order valence-electron chi connectivity index (χ1n) is 18.9. The van der Waals surface area contributed by atoms with Crippen LogP contribution in [-0.4, -0.2) is 73.8 Å². The van der Waals surface area contributed by atoms with Crippen LogP contribution in [0.2, 0.25) is 0 Å². The van der Waals surface area contributed by atoms with E-state index in [-0.39, 0.29) is 23.0 Å². The van der Waals surface area contributed by atoms with Crippen LogP contribution in [0.3, 0.4) is 0 Å². The van der Waals surface area contributed by atoms with Crippen molar-refractivity contribution in [3.8, 4) is 0 Å². The fourth-order valence-corrected chi connectivity index (χ4v) is 6.60.